The summed E-state index contributed by atoms with van der Waals surface area (Å²) in [6, 6.07) is 15.7. The highest BCUT2D eigenvalue weighted by atomic mass is 79.9. The van der Waals surface area contributed by atoms with Crippen LogP contribution in [0.25, 0.3) is 5.57 Å². The monoisotopic (exact) mass is 582 g/mol. The number of hydrogen-bond donors (Lipinski definition) is 3. The Labute approximate surface area is 226 Å². The Balaban J connectivity index is 0.000000165. The third kappa shape index (κ3) is 5.67. The van der Waals surface area contributed by atoms with Crippen LogP contribution in [-0.2, 0) is 10.3 Å². The van der Waals surface area contributed by atoms with Gasteiger partial charge in [0, 0.05) is 25.7 Å². The molecule has 0 aromatic heterocycles. The molecular formula is C28H33BrCl2O4. The smallest absolute Gasteiger partial charge is 0.106 e. The van der Waals surface area contributed by atoms with E-state index in [0.717, 1.165) is 48.6 Å². The van der Waals surface area contributed by atoms with E-state index in [1.165, 1.54) is 16.7 Å². The molecule has 3 unspecified atom stereocenters. The number of aliphatic hydroxyl groups excluding tert-OH is 3. The van der Waals surface area contributed by atoms with Crippen LogP contribution in [-0.4, -0.2) is 46.6 Å². The number of allylic oxidation sites excluding steroid dienone is 2. The van der Waals surface area contributed by atoms with Crippen molar-refractivity contribution in [1.82, 2.24) is 0 Å². The predicted molar refractivity (Wildman–Crippen MR) is 145 cm³/mol. The van der Waals surface area contributed by atoms with Gasteiger partial charge >= 0.3 is 0 Å². The molecule has 35 heavy (non-hydrogen) atoms. The molecule has 2 aromatic carbocycles. The molecule has 1 saturated carbocycles. The van der Waals surface area contributed by atoms with E-state index in [1.54, 1.807) is 0 Å². The number of fused-ring (bicyclic) bond motifs is 3. The van der Waals surface area contributed by atoms with Crippen molar-refractivity contribution in [2.75, 3.05) is 26.4 Å². The third-order valence-corrected chi connectivity index (χ3v) is 9.61. The highest BCUT2D eigenvalue weighted by Crippen LogP contribution is 2.56. The largest absolute Gasteiger partial charge is 0.396 e. The van der Waals surface area contributed by atoms with Crippen molar-refractivity contribution in [3.05, 3.63) is 75.8 Å². The van der Waals surface area contributed by atoms with Crippen molar-refractivity contribution in [1.29, 1.82) is 0 Å². The van der Waals surface area contributed by atoms with Crippen LogP contribution in [0.2, 0.25) is 10.0 Å². The standard InChI is InChI=1S/C14H16BrClO2.C14H17ClO2/c15-12-7-13(8-17)5-6-14(12,18-9-13)10-1-3-11(16)4-2-10;15-13-3-1-11(2-4-13)12-5-7-14(9-16,10-17)8-6-12/h1-4,12,17H,5-9H2;1-5,16-17H,6-10H2. The molecule has 7 heteroatoms. The number of alkyl halides is 1. The van der Waals surface area contributed by atoms with E-state index in [4.69, 9.17) is 27.9 Å². The number of ether oxygens (including phenoxy) is 1. The summed E-state index contributed by atoms with van der Waals surface area (Å²) in [6.07, 6.45) is 7.51. The molecule has 2 bridgehead atoms. The molecule has 2 aliphatic carbocycles. The molecule has 2 saturated heterocycles. The van der Waals surface area contributed by atoms with Gasteiger partial charge in [-0.1, -0.05) is 69.5 Å². The SMILES string of the molecule is OCC1(CO)CC=C(c2ccc(Cl)cc2)CC1.OCC12CCC(c3ccc(Cl)cc3)(OC1)C(Br)C2. The maximum absolute atomic E-state index is 9.56. The van der Waals surface area contributed by atoms with Gasteiger partial charge in [-0.2, -0.15) is 0 Å². The summed E-state index contributed by atoms with van der Waals surface area (Å²) in [4.78, 5) is 0.251. The van der Waals surface area contributed by atoms with E-state index in [9.17, 15) is 15.3 Å². The average molecular weight is 584 g/mol. The average Bonchev–Trinajstić information content (AvgIpc) is 2.91. The quantitative estimate of drug-likeness (QED) is 0.358. The summed E-state index contributed by atoms with van der Waals surface area (Å²) in [7, 11) is 0. The van der Waals surface area contributed by atoms with Gasteiger partial charge < -0.3 is 20.1 Å². The minimum absolute atomic E-state index is 0.0393. The first-order valence-corrected chi connectivity index (χ1v) is 13.8. The summed E-state index contributed by atoms with van der Waals surface area (Å²) < 4.78 is 6.15. The minimum Gasteiger partial charge on any atom is -0.396 e. The van der Waals surface area contributed by atoms with Gasteiger partial charge in [-0.3, -0.25) is 0 Å². The van der Waals surface area contributed by atoms with Crippen molar-refractivity contribution in [3.63, 3.8) is 0 Å². The van der Waals surface area contributed by atoms with Crippen LogP contribution in [0.4, 0.5) is 0 Å². The molecule has 190 valence electrons. The second kappa shape index (κ2) is 11.2. The van der Waals surface area contributed by atoms with Gasteiger partial charge in [0.1, 0.15) is 5.60 Å². The first-order chi connectivity index (χ1) is 16.8. The van der Waals surface area contributed by atoms with Gasteiger partial charge in [-0.15, -0.1) is 0 Å². The third-order valence-electron chi connectivity index (χ3n) is 8.04. The van der Waals surface area contributed by atoms with Gasteiger partial charge in [0.25, 0.3) is 0 Å². The maximum Gasteiger partial charge on any atom is 0.106 e. The number of hydrogen-bond acceptors (Lipinski definition) is 4. The minimum atomic E-state index is -0.323. The Morgan fingerprint density at radius 2 is 1.49 bits per heavy atom. The number of halogens is 3. The zero-order valence-electron chi connectivity index (χ0n) is 19.7. The summed E-state index contributed by atoms with van der Waals surface area (Å²) in [5, 5.41) is 29.7. The van der Waals surface area contributed by atoms with Crippen LogP contribution in [0.1, 0.15) is 49.7 Å². The number of benzene rings is 2. The Bertz CT molecular complexity index is 1010. The van der Waals surface area contributed by atoms with Crippen LogP contribution in [0.3, 0.4) is 0 Å². The molecule has 0 radical (unpaired) electrons. The maximum atomic E-state index is 9.56. The molecule has 3 fully saturated rings. The van der Waals surface area contributed by atoms with E-state index in [0.29, 0.717) is 6.61 Å². The van der Waals surface area contributed by atoms with E-state index < -0.39 is 0 Å². The predicted octanol–water partition coefficient (Wildman–Crippen LogP) is 6.37. The summed E-state index contributed by atoms with van der Waals surface area (Å²) in [6.45, 7) is 0.960. The van der Waals surface area contributed by atoms with Crippen molar-refractivity contribution in [2.45, 2.75) is 49.0 Å². The van der Waals surface area contributed by atoms with Gasteiger partial charge in [0.05, 0.1) is 26.4 Å². The molecule has 0 amide bonds. The molecule has 3 atom stereocenters. The van der Waals surface area contributed by atoms with Crippen molar-refractivity contribution in [2.24, 2.45) is 10.8 Å². The van der Waals surface area contributed by atoms with E-state index in [-0.39, 0.29) is 41.1 Å². The Hall–Kier alpha value is -0.920. The van der Waals surface area contributed by atoms with Gasteiger partial charge in [-0.05, 0) is 79.5 Å². The van der Waals surface area contributed by atoms with E-state index in [1.807, 2.05) is 48.5 Å². The Morgan fingerprint density at radius 3 is 1.94 bits per heavy atom. The van der Waals surface area contributed by atoms with Gasteiger partial charge in [0.2, 0.25) is 0 Å². The molecule has 2 aromatic rings. The molecule has 0 spiro atoms. The molecule has 2 aliphatic heterocycles. The highest BCUT2D eigenvalue weighted by molar-refractivity contribution is 9.09. The molecular weight excluding hydrogens is 551 g/mol. The summed E-state index contributed by atoms with van der Waals surface area (Å²) in [5.41, 5.74) is 3.03. The molecule has 6 rings (SSSR count). The van der Waals surface area contributed by atoms with Crippen LogP contribution in [0.15, 0.2) is 54.6 Å². The second-order valence-corrected chi connectivity index (χ2v) is 12.2. The topological polar surface area (TPSA) is 69.9 Å². The Morgan fingerprint density at radius 1 is 0.857 bits per heavy atom. The fourth-order valence-corrected chi connectivity index (χ4v) is 6.93. The molecule has 4 aliphatic rings. The van der Waals surface area contributed by atoms with Crippen molar-refractivity contribution < 1.29 is 20.1 Å². The zero-order chi connectivity index (χ0) is 25.1. The van der Waals surface area contributed by atoms with Crippen LogP contribution >= 0.6 is 39.1 Å². The normalized spacial score (nSPS) is 29.2. The number of aliphatic hydroxyl groups is 3. The van der Waals surface area contributed by atoms with Crippen LogP contribution in [0.5, 0.6) is 0 Å². The fourth-order valence-electron chi connectivity index (χ4n) is 5.37. The lowest BCUT2D eigenvalue weighted by Crippen LogP contribution is -2.56. The molecule has 2 heterocycles. The molecule has 4 nitrogen and oxygen atoms in total. The van der Waals surface area contributed by atoms with Gasteiger partial charge in [-0.25, -0.2) is 0 Å². The van der Waals surface area contributed by atoms with Crippen LogP contribution in [0, 0.1) is 10.8 Å². The lowest BCUT2D eigenvalue weighted by Gasteiger charge is -2.55. The summed E-state index contributed by atoms with van der Waals surface area (Å²) in [5.74, 6) is 0. The fraction of sp³-hybridized carbons (Fsp3) is 0.500. The Kier molecular flexibility index (Phi) is 8.70. The van der Waals surface area contributed by atoms with E-state index >= 15 is 0 Å². The van der Waals surface area contributed by atoms with E-state index in [2.05, 4.69) is 22.0 Å². The molecule has 3 N–H and O–H groups in total. The lowest BCUT2D eigenvalue weighted by atomic mass is 9.64. The highest BCUT2D eigenvalue weighted by Gasteiger charge is 2.55. The van der Waals surface area contributed by atoms with Crippen molar-refractivity contribution >= 4 is 44.7 Å². The first-order valence-electron chi connectivity index (χ1n) is 12.1. The number of rotatable bonds is 5. The zero-order valence-corrected chi connectivity index (χ0v) is 22.8. The lowest BCUT2D eigenvalue weighted by molar-refractivity contribution is -0.193. The van der Waals surface area contributed by atoms with Crippen molar-refractivity contribution in [3.8, 4) is 0 Å². The summed E-state index contributed by atoms with van der Waals surface area (Å²) >= 11 is 15.6. The van der Waals surface area contributed by atoms with Gasteiger partial charge in [0.15, 0.2) is 0 Å². The van der Waals surface area contributed by atoms with Crippen LogP contribution < -0.4 is 0 Å². The second-order valence-electron chi connectivity index (χ2n) is 10.3. The first kappa shape index (κ1) is 27.1.